The molecular formula is C16H21ClN2O2. The number of hydrogen-bond donors (Lipinski definition) is 2. The normalized spacial score (nSPS) is 28.0. The second kappa shape index (κ2) is 6.24. The molecule has 1 amide bonds. The van der Waals surface area contributed by atoms with Gasteiger partial charge in [-0.3, -0.25) is 4.79 Å². The lowest BCUT2D eigenvalue weighted by Crippen LogP contribution is -2.39. The Morgan fingerprint density at radius 3 is 2.90 bits per heavy atom. The lowest BCUT2D eigenvalue weighted by atomic mass is 9.85. The van der Waals surface area contributed by atoms with Gasteiger partial charge in [-0.2, -0.15) is 0 Å². The van der Waals surface area contributed by atoms with Gasteiger partial charge in [0.1, 0.15) is 5.75 Å². The van der Waals surface area contributed by atoms with Gasteiger partial charge in [-0.15, -0.1) is 0 Å². The van der Waals surface area contributed by atoms with Crippen molar-refractivity contribution in [3.63, 3.8) is 0 Å². The van der Waals surface area contributed by atoms with Crippen molar-refractivity contribution < 1.29 is 9.53 Å². The van der Waals surface area contributed by atoms with E-state index in [4.69, 9.17) is 16.3 Å². The SMILES string of the molecule is COc1ccc(NC(=O)[C@@H]2C[C@@H]3CCCC[C@H]3N2)c(Cl)c1. The summed E-state index contributed by atoms with van der Waals surface area (Å²) in [7, 11) is 1.59. The number of carbonyl (C=O) groups excluding carboxylic acids is 1. The van der Waals surface area contributed by atoms with Crippen LogP contribution in [0.3, 0.4) is 0 Å². The highest BCUT2D eigenvalue weighted by molar-refractivity contribution is 6.33. The molecule has 0 bridgehead atoms. The minimum Gasteiger partial charge on any atom is -0.497 e. The van der Waals surface area contributed by atoms with Gasteiger partial charge in [0.25, 0.3) is 0 Å². The fourth-order valence-corrected chi connectivity index (χ4v) is 3.68. The molecule has 114 valence electrons. The zero-order valence-corrected chi connectivity index (χ0v) is 13.0. The topological polar surface area (TPSA) is 50.4 Å². The third-order valence-electron chi connectivity index (χ3n) is 4.61. The number of anilines is 1. The average molecular weight is 309 g/mol. The van der Waals surface area contributed by atoms with Crippen LogP contribution in [0, 0.1) is 5.92 Å². The van der Waals surface area contributed by atoms with Crippen molar-refractivity contribution in [2.75, 3.05) is 12.4 Å². The van der Waals surface area contributed by atoms with E-state index < -0.39 is 0 Å². The summed E-state index contributed by atoms with van der Waals surface area (Å²) >= 11 is 6.17. The quantitative estimate of drug-likeness (QED) is 0.901. The Morgan fingerprint density at radius 2 is 2.19 bits per heavy atom. The molecule has 0 radical (unpaired) electrons. The predicted molar refractivity (Wildman–Crippen MR) is 83.9 cm³/mol. The van der Waals surface area contributed by atoms with Gasteiger partial charge in [-0.05, 0) is 37.3 Å². The number of ether oxygens (including phenoxy) is 1. The van der Waals surface area contributed by atoms with Crippen LogP contribution in [0.25, 0.3) is 0 Å². The molecule has 1 heterocycles. The molecule has 2 N–H and O–H groups in total. The molecule has 3 atom stereocenters. The van der Waals surface area contributed by atoms with Crippen LogP contribution in [-0.4, -0.2) is 25.1 Å². The third-order valence-corrected chi connectivity index (χ3v) is 4.93. The van der Waals surface area contributed by atoms with E-state index in [0.717, 1.165) is 6.42 Å². The molecule has 3 rings (SSSR count). The van der Waals surface area contributed by atoms with Crippen LogP contribution in [0.4, 0.5) is 5.69 Å². The van der Waals surface area contributed by atoms with E-state index in [1.54, 1.807) is 25.3 Å². The van der Waals surface area contributed by atoms with E-state index >= 15 is 0 Å². The van der Waals surface area contributed by atoms with E-state index in [9.17, 15) is 4.79 Å². The maximum Gasteiger partial charge on any atom is 0.241 e. The number of amides is 1. The van der Waals surface area contributed by atoms with Crippen molar-refractivity contribution in [2.24, 2.45) is 5.92 Å². The Hall–Kier alpha value is -1.26. The fourth-order valence-electron chi connectivity index (χ4n) is 3.47. The molecule has 1 aliphatic heterocycles. The third kappa shape index (κ3) is 3.16. The summed E-state index contributed by atoms with van der Waals surface area (Å²) in [5.74, 6) is 1.35. The first kappa shape index (κ1) is 14.7. The second-order valence-electron chi connectivity index (χ2n) is 5.94. The molecule has 1 aromatic carbocycles. The summed E-state index contributed by atoms with van der Waals surface area (Å²) in [5, 5.41) is 6.90. The molecule has 21 heavy (non-hydrogen) atoms. The average Bonchev–Trinajstić information content (AvgIpc) is 2.93. The lowest BCUT2D eigenvalue weighted by molar-refractivity contribution is -0.117. The van der Waals surface area contributed by atoms with Crippen LogP contribution in [0.2, 0.25) is 5.02 Å². The van der Waals surface area contributed by atoms with Crippen molar-refractivity contribution in [1.82, 2.24) is 5.32 Å². The largest absolute Gasteiger partial charge is 0.497 e. The van der Waals surface area contributed by atoms with E-state index in [1.165, 1.54) is 25.7 Å². The lowest BCUT2D eigenvalue weighted by Gasteiger charge is -2.24. The highest BCUT2D eigenvalue weighted by Crippen LogP contribution is 2.34. The van der Waals surface area contributed by atoms with Crippen LogP contribution in [-0.2, 0) is 4.79 Å². The van der Waals surface area contributed by atoms with Gasteiger partial charge in [0, 0.05) is 12.1 Å². The monoisotopic (exact) mass is 308 g/mol. The Labute approximate surface area is 130 Å². The summed E-state index contributed by atoms with van der Waals surface area (Å²) in [4.78, 5) is 12.4. The van der Waals surface area contributed by atoms with Gasteiger partial charge < -0.3 is 15.4 Å². The van der Waals surface area contributed by atoms with Gasteiger partial charge in [0.2, 0.25) is 5.91 Å². The standard InChI is InChI=1S/C16H21ClN2O2/c1-21-11-6-7-14(12(17)9-11)19-16(20)15-8-10-4-2-3-5-13(10)18-15/h6-7,9-10,13,15,18H,2-5,8H2,1H3,(H,19,20)/t10-,13+,15-/m0/s1. The maximum atomic E-state index is 12.4. The van der Waals surface area contributed by atoms with Crippen molar-refractivity contribution in [1.29, 1.82) is 0 Å². The number of hydrogen-bond acceptors (Lipinski definition) is 3. The van der Waals surface area contributed by atoms with Crippen LogP contribution in [0.1, 0.15) is 32.1 Å². The summed E-state index contributed by atoms with van der Waals surface area (Å²) < 4.78 is 5.11. The first-order chi connectivity index (χ1) is 10.2. The summed E-state index contributed by atoms with van der Waals surface area (Å²) in [5.41, 5.74) is 0.638. The van der Waals surface area contributed by atoms with E-state index in [1.807, 2.05) is 0 Å². The molecule has 1 saturated carbocycles. The molecule has 0 spiro atoms. The zero-order valence-electron chi connectivity index (χ0n) is 12.2. The number of methoxy groups -OCH3 is 1. The van der Waals surface area contributed by atoms with Crippen molar-refractivity contribution >= 4 is 23.2 Å². The number of halogens is 1. The van der Waals surface area contributed by atoms with Crippen molar-refractivity contribution in [2.45, 2.75) is 44.2 Å². The molecule has 5 heteroatoms. The predicted octanol–water partition coefficient (Wildman–Crippen LogP) is 3.21. The number of benzene rings is 1. The zero-order chi connectivity index (χ0) is 14.8. The molecule has 1 saturated heterocycles. The minimum atomic E-state index is -0.101. The Balaban J connectivity index is 1.64. The van der Waals surface area contributed by atoms with Crippen LogP contribution >= 0.6 is 11.6 Å². The molecule has 2 fully saturated rings. The van der Waals surface area contributed by atoms with Gasteiger partial charge in [-0.1, -0.05) is 24.4 Å². The highest BCUT2D eigenvalue weighted by atomic mass is 35.5. The van der Waals surface area contributed by atoms with E-state index in [2.05, 4.69) is 10.6 Å². The molecule has 4 nitrogen and oxygen atoms in total. The maximum absolute atomic E-state index is 12.4. The molecule has 1 aromatic rings. The van der Waals surface area contributed by atoms with Crippen LogP contribution < -0.4 is 15.4 Å². The molecular weight excluding hydrogens is 288 g/mol. The van der Waals surface area contributed by atoms with Crippen molar-refractivity contribution in [3.05, 3.63) is 23.2 Å². The van der Waals surface area contributed by atoms with Gasteiger partial charge in [0.05, 0.1) is 23.9 Å². The van der Waals surface area contributed by atoms with Crippen LogP contribution in [0.5, 0.6) is 5.75 Å². The van der Waals surface area contributed by atoms with Gasteiger partial charge >= 0.3 is 0 Å². The van der Waals surface area contributed by atoms with Gasteiger partial charge in [0.15, 0.2) is 0 Å². The first-order valence-corrected chi connectivity index (χ1v) is 7.95. The molecule has 0 unspecified atom stereocenters. The van der Waals surface area contributed by atoms with Gasteiger partial charge in [-0.25, -0.2) is 0 Å². The Morgan fingerprint density at radius 1 is 1.38 bits per heavy atom. The van der Waals surface area contributed by atoms with E-state index in [0.29, 0.717) is 28.4 Å². The molecule has 2 aliphatic rings. The summed E-state index contributed by atoms with van der Waals surface area (Å²) in [6.45, 7) is 0. The van der Waals surface area contributed by atoms with E-state index in [-0.39, 0.29) is 11.9 Å². The Kier molecular flexibility index (Phi) is 4.36. The number of nitrogens with one attached hydrogen (secondary N) is 2. The number of fused-ring (bicyclic) bond motifs is 1. The second-order valence-corrected chi connectivity index (χ2v) is 6.35. The summed E-state index contributed by atoms with van der Waals surface area (Å²) in [6.07, 6.45) is 5.93. The van der Waals surface area contributed by atoms with Crippen LogP contribution in [0.15, 0.2) is 18.2 Å². The Bertz CT molecular complexity index is 521. The fraction of sp³-hybridized carbons (Fsp3) is 0.562. The number of rotatable bonds is 3. The minimum absolute atomic E-state index is 0.0106. The smallest absolute Gasteiger partial charge is 0.241 e. The first-order valence-electron chi connectivity index (χ1n) is 7.58. The summed E-state index contributed by atoms with van der Waals surface area (Å²) in [6, 6.07) is 5.70. The molecule has 0 aromatic heterocycles. The number of carbonyl (C=O) groups is 1. The highest BCUT2D eigenvalue weighted by Gasteiger charge is 2.38. The molecule has 1 aliphatic carbocycles. The van der Waals surface area contributed by atoms with Crippen molar-refractivity contribution in [3.8, 4) is 5.75 Å².